The Labute approximate surface area is 101 Å². The zero-order valence-corrected chi connectivity index (χ0v) is 9.80. The summed E-state index contributed by atoms with van der Waals surface area (Å²) in [5.41, 5.74) is 9.39. The summed E-state index contributed by atoms with van der Waals surface area (Å²) in [6, 6.07) is 9.72. The summed E-state index contributed by atoms with van der Waals surface area (Å²) in [7, 11) is 0. The molecule has 0 aliphatic heterocycles. The molecule has 0 radical (unpaired) electrons. The molecule has 0 saturated heterocycles. The van der Waals surface area contributed by atoms with Gasteiger partial charge in [-0.25, -0.2) is 0 Å². The fourth-order valence-electron chi connectivity index (χ4n) is 1.85. The van der Waals surface area contributed by atoms with E-state index in [1.54, 1.807) is 18.5 Å². The van der Waals surface area contributed by atoms with Crippen LogP contribution in [-0.4, -0.2) is 10.1 Å². The molecule has 1 atom stereocenters. The van der Waals surface area contributed by atoms with Crippen LogP contribution in [0.15, 0.2) is 42.7 Å². The van der Waals surface area contributed by atoms with Crippen molar-refractivity contribution in [2.75, 3.05) is 5.73 Å². The molecule has 1 aromatic carbocycles. The normalized spacial score (nSPS) is 12.4. The molecule has 0 amide bonds. The molecule has 2 rings (SSSR count). The van der Waals surface area contributed by atoms with Gasteiger partial charge in [-0.1, -0.05) is 24.3 Å². The molecule has 0 aliphatic rings. The number of hydrogen-bond donors (Lipinski definition) is 2. The lowest BCUT2D eigenvalue weighted by molar-refractivity contribution is 0.178. The van der Waals surface area contributed by atoms with E-state index in [2.05, 4.69) is 4.98 Å². The summed E-state index contributed by atoms with van der Waals surface area (Å²) in [6.45, 7) is 2.04. The number of aryl methyl sites for hydroxylation is 1. The number of aliphatic hydroxyl groups is 1. The van der Waals surface area contributed by atoms with E-state index in [0.717, 1.165) is 5.56 Å². The van der Waals surface area contributed by atoms with E-state index in [-0.39, 0.29) is 0 Å². The van der Waals surface area contributed by atoms with Crippen molar-refractivity contribution in [3.05, 3.63) is 59.4 Å². The maximum Gasteiger partial charge on any atom is 0.0865 e. The van der Waals surface area contributed by atoms with Gasteiger partial charge in [0.1, 0.15) is 0 Å². The summed E-state index contributed by atoms with van der Waals surface area (Å²) in [5.74, 6) is 0. The van der Waals surface area contributed by atoms with Gasteiger partial charge in [-0.05, 0) is 24.1 Å². The molecule has 1 aromatic heterocycles. The number of anilines is 1. The third-order valence-corrected chi connectivity index (χ3v) is 2.92. The van der Waals surface area contributed by atoms with Gasteiger partial charge in [0.2, 0.25) is 0 Å². The highest BCUT2D eigenvalue weighted by Crippen LogP contribution is 2.23. The highest BCUT2D eigenvalue weighted by atomic mass is 16.3. The zero-order valence-electron chi connectivity index (χ0n) is 9.80. The van der Waals surface area contributed by atoms with Crippen LogP contribution >= 0.6 is 0 Å². The second-order valence-electron chi connectivity index (χ2n) is 4.15. The Bertz CT molecular complexity index is 511. The average molecular weight is 228 g/mol. The molecular weight excluding hydrogens is 212 g/mol. The Morgan fingerprint density at radius 3 is 2.76 bits per heavy atom. The summed E-state index contributed by atoms with van der Waals surface area (Å²) >= 11 is 0. The van der Waals surface area contributed by atoms with Crippen molar-refractivity contribution in [2.45, 2.75) is 19.4 Å². The number of nitrogens with zero attached hydrogens (tertiary/aromatic N) is 1. The lowest BCUT2D eigenvalue weighted by atomic mass is 9.98. The standard InChI is InChI=1S/C14H16N2O/c1-10-4-2-3-5-11(10)8-14(17)12-9-16-7-6-13(12)15/h2-7,9,14,17H,8H2,1H3,(H2,15,16). The van der Waals surface area contributed by atoms with Crippen LogP contribution in [0, 0.1) is 6.92 Å². The first-order valence-electron chi connectivity index (χ1n) is 5.60. The smallest absolute Gasteiger partial charge is 0.0865 e. The average Bonchev–Trinajstić information content (AvgIpc) is 2.32. The van der Waals surface area contributed by atoms with Gasteiger partial charge in [-0.3, -0.25) is 4.98 Å². The predicted octanol–water partition coefficient (Wildman–Crippen LogP) is 2.25. The van der Waals surface area contributed by atoms with Crippen molar-refractivity contribution >= 4 is 5.69 Å². The van der Waals surface area contributed by atoms with E-state index in [9.17, 15) is 5.11 Å². The molecule has 0 bridgehead atoms. The van der Waals surface area contributed by atoms with Gasteiger partial charge < -0.3 is 10.8 Å². The topological polar surface area (TPSA) is 59.1 Å². The van der Waals surface area contributed by atoms with Crippen LogP contribution < -0.4 is 5.73 Å². The maximum absolute atomic E-state index is 10.2. The fourth-order valence-corrected chi connectivity index (χ4v) is 1.85. The number of nitrogen functional groups attached to an aromatic ring is 1. The molecule has 1 unspecified atom stereocenters. The number of rotatable bonds is 3. The van der Waals surface area contributed by atoms with Gasteiger partial charge in [0.25, 0.3) is 0 Å². The molecule has 17 heavy (non-hydrogen) atoms. The first-order valence-corrected chi connectivity index (χ1v) is 5.60. The van der Waals surface area contributed by atoms with Gasteiger partial charge >= 0.3 is 0 Å². The largest absolute Gasteiger partial charge is 0.398 e. The molecule has 2 aromatic rings. The van der Waals surface area contributed by atoms with Gasteiger partial charge in [-0.15, -0.1) is 0 Å². The van der Waals surface area contributed by atoms with Crippen molar-refractivity contribution in [1.29, 1.82) is 0 Å². The summed E-state index contributed by atoms with van der Waals surface area (Å²) in [6.07, 6.45) is 3.20. The number of hydrogen-bond acceptors (Lipinski definition) is 3. The van der Waals surface area contributed by atoms with Crippen LogP contribution in [0.25, 0.3) is 0 Å². The highest BCUT2D eigenvalue weighted by molar-refractivity contribution is 5.46. The highest BCUT2D eigenvalue weighted by Gasteiger charge is 2.12. The number of benzene rings is 1. The van der Waals surface area contributed by atoms with Crippen molar-refractivity contribution in [2.24, 2.45) is 0 Å². The molecule has 0 fully saturated rings. The third-order valence-electron chi connectivity index (χ3n) is 2.92. The molecule has 1 heterocycles. The van der Waals surface area contributed by atoms with Crippen molar-refractivity contribution in [1.82, 2.24) is 4.98 Å². The Kier molecular flexibility index (Phi) is 3.40. The summed E-state index contributed by atoms with van der Waals surface area (Å²) in [4.78, 5) is 3.99. The molecule has 3 N–H and O–H groups in total. The van der Waals surface area contributed by atoms with Gasteiger partial charge in [-0.2, -0.15) is 0 Å². The molecule has 88 valence electrons. The number of pyridine rings is 1. The third kappa shape index (κ3) is 2.63. The Morgan fingerprint density at radius 2 is 2.06 bits per heavy atom. The number of aromatic nitrogens is 1. The first-order chi connectivity index (χ1) is 8.18. The lowest BCUT2D eigenvalue weighted by Gasteiger charge is -2.14. The van der Waals surface area contributed by atoms with E-state index in [0.29, 0.717) is 17.7 Å². The molecule has 0 saturated carbocycles. The second-order valence-corrected chi connectivity index (χ2v) is 4.15. The van der Waals surface area contributed by atoms with Crippen LogP contribution in [0.4, 0.5) is 5.69 Å². The molecule has 3 heteroatoms. The minimum absolute atomic E-state index is 0.558. The zero-order chi connectivity index (χ0) is 12.3. The van der Waals surface area contributed by atoms with E-state index < -0.39 is 6.10 Å². The van der Waals surface area contributed by atoms with Crippen molar-refractivity contribution < 1.29 is 5.11 Å². The summed E-state index contributed by atoms with van der Waals surface area (Å²) < 4.78 is 0. The van der Waals surface area contributed by atoms with E-state index in [1.165, 1.54) is 5.56 Å². The Hall–Kier alpha value is -1.87. The van der Waals surface area contributed by atoms with Crippen molar-refractivity contribution in [3.8, 4) is 0 Å². The predicted molar refractivity (Wildman–Crippen MR) is 68.5 cm³/mol. The molecular formula is C14H16N2O. The minimum Gasteiger partial charge on any atom is -0.398 e. The molecule has 3 nitrogen and oxygen atoms in total. The summed E-state index contributed by atoms with van der Waals surface area (Å²) in [5, 5.41) is 10.2. The van der Waals surface area contributed by atoms with Crippen LogP contribution in [0.5, 0.6) is 0 Å². The number of nitrogens with two attached hydrogens (primary N) is 1. The first kappa shape index (κ1) is 11.6. The SMILES string of the molecule is Cc1ccccc1CC(O)c1cnccc1N. The van der Waals surface area contributed by atoms with E-state index >= 15 is 0 Å². The van der Waals surface area contributed by atoms with Gasteiger partial charge in [0.05, 0.1) is 6.10 Å². The minimum atomic E-state index is -0.607. The van der Waals surface area contributed by atoms with E-state index in [1.807, 2.05) is 31.2 Å². The lowest BCUT2D eigenvalue weighted by Crippen LogP contribution is -2.06. The fraction of sp³-hybridized carbons (Fsp3) is 0.214. The van der Waals surface area contributed by atoms with Crippen molar-refractivity contribution in [3.63, 3.8) is 0 Å². The number of aliphatic hydroxyl groups excluding tert-OH is 1. The maximum atomic E-state index is 10.2. The monoisotopic (exact) mass is 228 g/mol. The van der Waals surface area contributed by atoms with Crippen LogP contribution in [-0.2, 0) is 6.42 Å². The van der Waals surface area contributed by atoms with Crippen LogP contribution in [0.1, 0.15) is 22.8 Å². The van der Waals surface area contributed by atoms with Gasteiger partial charge in [0, 0.05) is 30.1 Å². The Morgan fingerprint density at radius 1 is 1.29 bits per heavy atom. The molecule has 0 aliphatic carbocycles. The van der Waals surface area contributed by atoms with E-state index in [4.69, 9.17) is 5.73 Å². The quantitative estimate of drug-likeness (QED) is 0.847. The molecule has 0 spiro atoms. The van der Waals surface area contributed by atoms with Gasteiger partial charge in [0.15, 0.2) is 0 Å². The second kappa shape index (κ2) is 4.97. The van der Waals surface area contributed by atoms with Crippen LogP contribution in [0.2, 0.25) is 0 Å². The van der Waals surface area contributed by atoms with Crippen LogP contribution in [0.3, 0.4) is 0 Å². The Balaban J connectivity index is 2.20.